The highest BCUT2D eigenvalue weighted by Gasteiger charge is 2.59. The molecule has 0 amide bonds. The van der Waals surface area contributed by atoms with Crippen LogP contribution >= 0.6 is 0 Å². The Morgan fingerprint density at radius 1 is 0.771 bits per heavy atom. The first-order valence-electron chi connectivity index (χ1n) is 17.2. The van der Waals surface area contributed by atoms with E-state index in [0.717, 1.165) is 16.9 Å². The molecule has 0 unspecified atom stereocenters. The van der Waals surface area contributed by atoms with Gasteiger partial charge in [-0.15, -0.1) is 6.58 Å². The van der Waals surface area contributed by atoms with Crippen molar-refractivity contribution in [2.45, 2.75) is 140 Å². The first-order valence-corrected chi connectivity index (χ1v) is 23.0. The molecule has 2 aromatic carbocycles. The van der Waals surface area contributed by atoms with Gasteiger partial charge in [-0.25, -0.2) is 0 Å². The molecule has 2 saturated heterocycles. The Bertz CT molecular complexity index is 1300. The molecule has 1 N–H and O–H groups in total. The van der Waals surface area contributed by atoms with Crippen LogP contribution in [0.25, 0.3) is 0 Å². The molecule has 8 atom stereocenters. The lowest BCUT2D eigenvalue weighted by molar-refractivity contribution is -0.246. The molecule has 0 radical (unpaired) electrons. The van der Waals surface area contributed by atoms with Gasteiger partial charge in [0.15, 0.2) is 16.6 Å². The molecule has 10 heteroatoms. The highest BCUT2D eigenvalue weighted by atomic mass is 28.4. The van der Waals surface area contributed by atoms with E-state index >= 15 is 0 Å². The molecule has 2 aromatic rings. The maximum atomic E-state index is 10.1. The zero-order valence-electron chi connectivity index (χ0n) is 31.0. The zero-order valence-corrected chi connectivity index (χ0v) is 33.0. The van der Waals surface area contributed by atoms with E-state index in [-0.39, 0.29) is 28.9 Å². The summed E-state index contributed by atoms with van der Waals surface area (Å²) in [6.07, 6.45) is -2.07. The van der Waals surface area contributed by atoms with Crippen LogP contribution in [0.1, 0.15) is 52.7 Å². The van der Waals surface area contributed by atoms with E-state index in [1.165, 1.54) is 0 Å². The molecule has 48 heavy (non-hydrogen) atoms. The van der Waals surface area contributed by atoms with E-state index < -0.39 is 53.3 Å². The minimum absolute atomic E-state index is 0.0522. The first-order chi connectivity index (χ1) is 22.4. The SMILES string of the molecule is C=C[C@@H]1O[C@H]([C@@H](OCc2ccccc2)[C@@H]2O[C@H]2CO)[C@@H](O[Si](C)(C)C(C)(C)C)[C@H](OCc2ccc(OC)cc2)[C@H]1O[Si](C)(C)C(C)(C)C. The number of aliphatic hydroxyl groups is 1. The Labute approximate surface area is 291 Å². The highest BCUT2D eigenvalue weighted by molar-refractivity contribution is 6.74. The predicted octanol–water partition coefficient (Wildman–Crippen LogP) is 7.66. The molecular weight excluding hydrogens is 641 g/mol. The van der Waals surface area contributed by atoms with E-state index in [2.05, 4.69) is 74.3 Å². The number of hydrogen-bond donors (Lipinski definition) is 1. The van der Waals surface area contributed by atoms with E-state index in [0.29, 0.717) is 13.2 Å². The number of benzene rings is 2. The largest absolute Gasteiger partial charge is 0.497 e. The summed E-state index contributed by atoms with van der Waals surface area (Å²) < 4.78 is 46.7. The maximum absolute atomic E-state index is 10.1. The number of rotatable bonds is 15. The third kappa shape index (κ3) is 9.27. The molecule has 0 spiro atoms. The lowest BCUT2D eigenvalue weighted by Crippen LogP contribution is -2.67. The smallest absolute Gasteiger partial charge is 0.192 e. The monoisotopic (exact) mass is 700 g/mol. The van der Waals surface area contributed by atoms with Crippen LogP contribution in [-0.2, 0) is 41.0 Å². The second-order valence-corrected chi connectivity index (χ2v) is 25.7. The Morgan fingerprint density at radius 2 is 1.33 bits per heavy atom. The van der Waals surface area contributed by atoms with Crippen molar-refractivity contribution in [1.82, 2.24) is 0 Å². The molecule has 2 aliphatic rings. The number of epoxide rings is 1. The first kappa shape index (κ1) is 38.9. The minimum Gasteiger partial charge on any atom is -0.497 e. The number of hydrogen-bond acceptors (Lipinski definition) is 8. The van der Waals surface area contributed by atoms with Crippen LogP contribution in [0, 0.1) is 0 Å². The topological polar surface area (TPSA) is 88.1 Å². The third-order valence-electron chi connectivity index (χ3n) is 10.7. The van der Waals surface area contributed by atoms with Crippen molar-refractivity contribution in [1.29, 1.82) is 0 Å². The summed E-state index contributed by atoms with van der Waals surface area (Å²) in [7, 11) is -3.09. The fourth-order valence-corrected chi connectivity index (χ4v) is 8.10. The summed E-state index contributed by atoms with van der Waals surface area (Å²) in [6.45, 7) is 27.2. The second-order valence-electron chi connectivity index (χ2n) is 16.2. The van der Waals surface area contributed by atoms with Crippen LogP contribution in [0.5, 0.6) is 5.75 Å². The Balaban J connectivity index is 1.81. The van der Waals surface area contributed by atoms with E-state index in [1.54, 1.807) is 7.11 Å². The molecule has 2 aliphatic heterocycles. The van der Waals surface area contributed by atoms with Crippen LogP contribution in [0.15, 0.2) is 67.3 Å². The summed E-state index contributed by atoms with van der Waals surface area (Å²) in [6, 6.07) is 18.0. The van der Waals surface area contributed by atoms with Crippen molar-refractivity contribution in [2.24, 2.45) is 0 Å². The van der Waals surface area contributed by atoms with Crippen molar-refractivity contribution in [3.8, 4) is 5.75 Å². The maximum Gasteiger partial charge on any atom is 0.192 e. The van der Waals surface area contributed by atoms with Crippen LogP contribution in [0.3, 0.4) is 0 Å². The lowest BCUT2D eigenvalue weighted by atomic mass is 9.90. The normalized spacial score (nSPS) is 27.4. The molecule has 8 nitrogen and oxygen atoms in total. The van der Waals surface area contributed by atoms with Crippen molar-refractivity contribution in [3.05, 3.63) is 78.4 Å². The Hall–Kier alpha value is -1.87. The van der Waals surface area contributed by atoms with Gasteiger partial charge in [0.05, 0.1) is 26.9 Å². The summed E-state index contributed by atoms with van der Waals surface area (Å²) in [5.74, 6) is 0.788. The highest BCUT2D eigenvalue weighted by Crippen LogP contribution is 2.45. The van der Waals surface area contributed by atoms with E-state index in [4.69, 9.17) is 32.5 Å². The van der Waals surface area contributed by atoms with Gasteiger partial charge in [0.2, 0.25) is 0 Å². The van der Waals surface area contributed by atoms with Gasteiger partial charge in [0, 0.05) is 0 Å². The molecule has 0 bridgehead atoms. The van der Waals surface area contributed by atoms with Crippen LogP contribution in [0.4, 0.5) is 0 Å². The molecule has 0 aliphatic carbocycles. The number of ether oxygens (including phenoxy) is 5. The average molecular weight is 701 g/mol. The summed E-state index contributed by atoms with van der Waals surface area (Å²) >= 11 is 0. The molecule has 4 rings (SSSR count). The summed E-state index contributed by atoms with van der Waals surface area (Å²) in [5.41, 5.74) is 2.04. The molecule has 0 aromatic heterocycles. The predicted molar refractivity (Wildman–Crippen MR) is 195 cm³/mol. The van der Waals surface area contributed by atoms with Crippen molar-refractivity contribution in [2.75, 3.05) is 13.7 Å². The van der Waals surface area contributed by atoms with Crippen LogP contribution < -0.4 is 4.74 Å². The van der Waals surface area contributed by atoms with Gasteiger partial charge in [-0.1, -0.05) is 90.1 Å². The fourth-order valence-electron chi connectivity index (χ4n) is 5.49. The summed E-state index contributed by atoms with van der Waals surface area (Å²) in [5, 5.41) is 9.96. The fraction of sp³-hybridized carbons (Fsp3) is 0.632. The van der Waals surface area contributed by atoms with E-state index in [1.807, 2.05) is 60.7 Å². The quantitative estimate of drug-likeness (QED) is 0.115. The van der Waals surface area contributed by atoms with Gasteiger partial charge in [-0.05, 0) is 59.5 Å². The molecular formula is C38H60O8Si2. The lowest BCUT2D eigenvalue weighted by Gasteiger charge is -2.53. The zero-order chi connectivity index (χ0) is 35.5. The second kappa shape index (κ2) is 15.6. The van der Waals surface area contributed by atoms with Crippen molar-refractivity contribution < 1.29 is 37.6 Å². The Morgan fingerprint density at radius 3 is 1.83 bits per heavy atom. The minimum atomic E-state index is -2.42. The van der Waals surface area contributed by atoms with Crippen LogP contribution in [-0.4, -0.2) is 84.3 Å². The van der Waals surface area contributed by atoms with Gasteiger partial charge in [0.1, 0.15) is 54.6 Å². The van der Waals surface area contributed by atoms with Crippen LogP contribution in [0.2, 0.25) is 36.3 Å². The van der Waals surface area contributed by atoms with Gasteiger partial charge in [-0.2, -0.15) is 0 Å². The average Bonchev–Trinajstić information content (AvgIpc) is 3.80. The van der Waals surface area contributed by atoms with Gasteiger partial charge in [-0.3, -0.25) is 0 Å². The molecule has 2 heterocycles. The third-order valence-corrected chi connectivity index (χ3v) is 19.6. The molecule has 0 saturated carbocycles. The van der Waals surface area contributed by atoms with E-state index in [9.17, 15) is 5.11 Å². The van der Waals surface area contributed by atoms with Gasteiger partial charge < -0.3 is 37.6 Å². The summed E-state index contributed by atoms with van der Waals surface area (Å²) in [4.78, 5) is 0. The molecule has 2 fully saturated rings. The standard InChI is InChI=1S/C38H60O8Si2/c1-13-29-32(45-47(9,10)37(2,3)4)34(42-25-27-19-21-28(40-8)22-20-27)36(46-48(11,12)38(5,6)7)35(43-29)33(31-30(23-39)44-31)41-24-26-17-15-14-16-18-26/h13-22,29-36,39H,1,23-25H2,2-12H3/t29-,30-,31+,32-,33-,34+,35+,36-/m0/s1. The Kier molecular flexibility index (Phi) is 12.6. The molecule has 268 valence electrons. The van der Waals surface area contributed by atoms with Gasteiger partial charge >= 0.3 is 0 Å². The van der Waals surface area contributed by atoms with Crippen molar-refractivity contribution >= 4 is 16.6 Å². The van der Waals surface area contributed by atoms with Crippen molar-refractivity contribution in [3.63, 3.8) is 0 Å². The number of methoxy groups -OCH3 is 1. The van der Waals surface area contributed by atoms with Gasteiger partial charge in [0.25, 0.3) is 0 Å². The number of aliphatic hydroxyl groups excluding tert-OH is 1.